The maximum atomic E-state index is 12.2. The summed E-state index contributed by atoms with van der Waals surface area (Å²) in [6, 6.07) is 13.6. The number of carbonyl (C=O) groups excluding carboxylic acids is 1. The van der Waals surface area contributed by atoms with Crippen LogP contribution in [0.4, 0.5) is 0 Å². The van der Waals surface area contributed by atoms with Crippen LogP contribution in [0.1, 0.15) is 12.5 Å². The molecular weight excluding hydrogens is 420 g/mol. The van der Waals surface area contributed by atoms with Crippen molar-refractivity contribution in [3.05, 3.63) is 58.6 Å². The van der Waals surface area contributed by atoms with Gasteiger partial charge in [-0.2, -0.15) is 0 Å². The Hall–Kier alpha value is -1.90. The highest BCUT2D eigenvalue weighted by Crippen LogP contribution is 2.17. The maximum Gasteiger partial charge on any atom is 0.261 e. The van der Waals surface area contributed by atoms with Gasteiger partial charge in [0, 0.05) is 25.1 Å². The number of nitrogens with one attached hydrogen (secondary N) is 1. The lowest BCUT2D eigenvalue weighted by Crippen LogP contribution is -2.35. The number of carbonyl (C=O) groups is 1. The average Bonchev–Trinajstić information content (AvgIpc) is 2.61. The first-order valence-corrected chi connectivity index (χ1v) is 10.1. The summed E-state index contributed by atoms with van der Waals surface area (Å²) in [5.74, 6) is 0.354. The highest BCUT2D eigenvalue weighted by molar-refractivity contribution is 9.10. The van der Waals surface area contributed by atoms with Gasteiger partial charge in [-0.1, -0.05) is 28.1 Å². The summed E-state index contributed by atoms with van der Waals surface area (Å²) in [5.41, 5.74) is 0.798. The van der Waals surface area contributed by atoms with E-state index in [0.29, 0.717) is 5.75 Å². The minimum atomic E-state index is -3.45. The summed E-state index contributed by atoms with van der Waals surface area (Å²) in [5, 5.41) is 2.78. The molecule has 2 aromatic rings. The second-order valence-electron chi connectivity index (χ2n) is 5.86. The predicted octanol–water partition coefficient (Wildman–Crippen LogP) is 2.78. The van der Waals surface area contributed by atoms with Crippen LogP contribution in [0.2, 0.25) is 0 Å². The summed E-state index contributed by atoms with van der Waals surface area (Å²) in [4.78, 5) is 12.4. The molecule has 0 spiro atoms. The fourth-order valence-electron chi connectivity index (χ4n) is 2.09. The van der Waals surface area contributed by atoms with Crippen LogP contribution in [-0.4, -0.2) is 38.8 Å². The lowest BCUT2D eigenvalue weighted by molar-refractivity contribution is -0.127. The highest BCUT2D eigenvalue weighted by Gasteiger charge is 2.17. The number of hydrogen-bond donors (Lipinski definition) is 1. The molecule has 1 N–H and O–H groups in total. The molecule has 26 heavy (non-hydrogen) atoms. The third-order valence-corrected chi connectivity index (χ3v) is 6.02. The average molecular weight is 441 g/mol. The number of halogens is 1. The van der Waals surface area contributed by atoms with Crippen LogP contribution in [-0.2, 0) is 21.4 Å². The van der Waals surface area contributed by atoms with Crippen molar-refractivity contribution in [2.75, 3.05) is 14.1 Å². The number of benzene rings is 2. The molecule has 0 bridgehead atoms. The topological polar surface area (TPSA) is 75.7 Å². The van der Waals surface area contributed by atoms with Gasteiger partial charge in [0.05, 0.1) is 4.90 Å². The van der Waals surface area contributed by atoms with E-state index in [2.05, 4.69) is 21.2 Å². The van der Waals surface area contributed by atoms with Crippen molar-refractivity contribution in [1.82, 2.24) is 9.62 Å². The summed E-state index contributed by atoms with van der Waals surface area (Å²) in [6.07, 6.45) is -0.649. The van der Waals surface area contributed by atoms with Crippen LogP contribution in [0.5, 0.6) is 5.75 Å². The molecule has 2 rings (SSSR count). The third kappa shape index (κ3) is 5.30. The van der Waals surface area contributed by atoms with Gasteiger partial charge in [-0.15, -0.1) is 0 Å². The second-order valence-corrected chi connectivity index (χ2v) is 8.93. The molecule has 0 radical (unpaired) electrons. The standard InChI is InChI=1S/C18H21BrN2O4S/c1-13(25-16-8-6-15(19)7-9-16)18(22)20-12-14-4-10-17(11-5-14)26(23,24)21(2)3/h4-11,13H,12H2,1-3H3,(H,20,22). The molecule has 1 atom stereocenters. The van der Waals surface area contributed by atoms with Crippen molar-refractivity contribution < 1.29 is 17.9 Å². The predicted molar refractivity (Wildman–Crippen MR) is 103 cm³/mol. The van der Waals surface area contributed by atoms with Gasteiger partial charge < -0.3 is 10.1 Å². The Labute approximate surface area is 162 Å². The number of rotatable bonds is 7. The first kappa shape index (κ1) is 20.4. The Morgan fingerprint density at radius 2 is 1.69 bits per heavy atom. The Kier molecular flexibility index (Phi) is 6.80. The van der Waals surface area contributed by atoms with Crippen LogP contribution in [0.3, 0.4) is 0 Å². The van der Waals surface area contributed by atoms with Crippen molar-refractivity contribution >= 4 is 31.9 Å². The van der Waals surface area contributed by atoms with E-state index >= 15 is 0 Å². The van der Waals surface area contributed by atoms with Gasteiger partial charge in [0.2, 0.25) is 10.0 Å². The fraction of sp³-hybridized carbons (Fsp3) is 0.278. The first-order chi connectivity index (χ1) is 12.2. The molecule has 0 aliphatic carbocycles. The molecule has 8 heteroatoms. The van der Waals surface area contributed by atoms with Crippen LogP contribution < -0.4 is 10.1 Å². The Morgan fingerprint density at radius 3 is 2.23 bits per heavy atom. The summed E-state index contributed by atoms with van der Waals surface area (Å²) < 4.78 is 31.7. The molecule has 140 valence electrons. The molecule has 0 aromatic heterocycles. The van der Waals surface area contributed by atoms with E-state index in [9.17, 15) is 13.2 Å². The number of ether oxygens (including phenoxy) is 1. The van der Waals surface area contributed by atoms with E-state index in [1.807, 2.05) is 12.1 Å². The van der Waals surface area contributed by atoms with Crippen LogP contribution >= 0.6 is 15.9 Å². The molecule has 0 fully saturated rings. The van der Waals surface area contributed by atoms with Gasteiger partial charge in [-0.05, 0) is 48.9 Å². The van der Waals surface area contributed by atoms with E-state index in [4.69, 9.17) is 4.74 Å². The third-order valence-electron chi connectivity index (χ3n) is 3.66. The van der Waals surface area contributed by atoms with Crippen molar-refractivity contribution in [3.8, 4) is 5.75 Å². The molecule has 0 aliphatic heterocycles. The number of amides is 1. The normalized spacial score (nSPS) is 12.7. The lowest BCUT2D eigenvalue weighted by atomic mass is 10.2. The molecule has 0 saturated heterocycles. The smallest absolute Gasteiger partial charge is 0.261 e. The minimum absolute atomic E-state index is 0.213. The van der Waals surface area contributed by atoms with E-state index in [0.717, 1.165) is 14.3 Å². The quantitative estimate of drug-likeness (QED) is 0.717. The van der Waals surface area contributed by atoms with Gasteiger partial charge in [0.1, 0.15) is 5.75 Å². The van der Waals surface area contributed by atoms with Crippen molar-refractivity contribution in [3.63, 3.8) is 0 Å². The van der Waals surface area contributed by atoms with E-state index in [1.54, 1.807) is 31.2 Å². The number of sulfonamides is 1. The van der Waals surface area contributed by atoms with Crippen LogP contribution in [0.15, 0.2) is 57.9 Å². The van der Waals surface area contributed by atoms with Gasteiger partial charge >= 0.3 is 0 Å². The zero-order valence-corrected chi connectivity index (χ0v) is 17.2. The molecule has 0 aliphatic rings. The van der Waals surface area contributed by atoms with Crippen molar-refractivity contribution in [2.24, 2.45) is 0 Å². The summed E-state index contributed by atoms with van der Waals surface area (Å²) in [7, 11) is -0.489. The van der Waals surface area contributed by atoms with E-state index < -0.39 is 16.1 Å². The van der Waals surface area contributed by atoms with Crippen molar-refractivity contribution in [1.29, 1.82) is 0 Å². The van der Waals surface area contributed by atoms with Gasteiger partial charge in [-0.25, -0.2) is 12.7 Å². The Balaban J connectivity index is 1.91. The summed E-state index contributed by atoms with van der Waals surface area (Å²) in [6.45, 7) is 1.96. The fourth-order valence-corrected chi connectivity index (χ4v) is 3.26. The van der Waals surface area contributed by atoms with E-state index in [1.165, 1.54) is 26.2 Å². The lowest BCUT2D eigenvalue weighted by Gasteiger charge is -2.15. The highest BCUT2D eigenvalue weighted by atomic mass is 79.9. The van der Waals surface area contributed by atoms with Gasteiger partial charge in [-0.3, -0.25) is 4.79 Å². The van der Waals surface area contributed by atoms with Crippen LogP contribution in [0.25, 0.3) is 0 Å². The Morgan fingerprint density at radius 1 is 1.12 bits per heavy atom. The largest absolute Gasteiger partial charge is 0.481 e. The van der Waals surface area contributed by atoms with Gasteiger partial charge in [0.25, 0.3) is 5.91 Å². The number of nitrogens with zero attached hydrogens (tertiary/aromatic N) is 1. The zero-order valence-electron chi connectivity index (χ0n) is 14.8. The van der Waals surface area contributed by atoms with Crippen molar-refractivity contribution in [2.45, 2.75) is 24.5 Å². The first-order valence-electron chi connectivity index (χ1n) is 7.91. The number of hydrogen-bond acceptors (Lipinski definition) is 4. The monoisotopic (exact) mass is 440 g/mol. The molecular formula is C18H21BrN2O4S. The SMILES string of the molecule is CC(Oc1ccc(Br)cc1)C(=O)NCc1ccc(S(=O)(=O)N(C)C)cc1. The van der Waals surface area contributed by atoms with Gasteiger partial charge in [0.15, 0.2) is 6.10 Å². The molecule has 2 aromatic carbocycles. The molecule has 1 amide bonds. The minimum Gasteiger partial charge on any atom is -0.481 e. The van der Waals surface area contributed by atoms with Crippen LogP contribution in [0, 0.1) is 0 Å². The van der Waals surface area contributed by atoms with E-state index in [-0.39, 0.29) is 17.3 Å². The molecule has 0 saturated carbocycles. The summed E-state index contributed by atoms with van der Waals surface area (Å²) >= 11 is 3.34. The maximum absolute atomic E-state index is 12.2. The molecule has 0 heterocycles. The Bertz CT molecular complexity index is 850. The molecule has 1 unspecified atom stereocenters. The second kappa shape index (κ2) is 8.66. The molecule has 6 nitrogen and oxygen atoms in total. The zero-order chi connectivity index (χ0) is 19.3.